The zero-order chi connectivity index (χ0) is 8.27. The van der Waals surface area contributed by atoms with Crippen molar-refractivity contribution in [2.24, 2.45) is 0 Å². The van der Waals surface area contributed by atoms with E-state index in [1.54, 1.807) is 6.07 Å². The predicted octanol–water partition coefficient (Wildman–Crippen LogP) is 1.04. The van der Waals surface area contributed by atoms with Gasteiger partial charge in [-0.3, -0.25) is 0 Å². The molecule has 0 heterocycles. The molecule has 0 atom stereocenters. The van der Waals surface area contributed by atoms with Crippen LogP contribution < -0.4 is 4.90 Å². The van der Waals surface area contributed by atoms with Crippen molar-refractivity contribution >= 4 is 5.69 Å². The van der Waals surface area contributed by atoms with Crippen molar-refractivity contribution in [1.82, 2.24) is 0 Å². The summed E-state index contributed by atoms with van der Waals surface area (Å²) in [7, 11) is 3.93. The summed E-state index contributed by atoms with van der Waals surface area (Å²) in [6.45, 7) is 0.0815. The van der Waals surface area contributed by atoms with Crippen molar-refractivity contribution < 1.29 is 37.8 Å². The third-order valence-electron chi connectivity index (χ3n) is 1.53. The van der Waals surface area contributed by atoms with Gasteiger partial charge < -0.3 is 10.0 Å². The van der Waals surface area contributed by atoms with Gasteiger partial charge in [0.05, 0.1) is 0 Å². The van der Waals surface area contributed by atoms with Gasteiger partial charge in [0, 0.05) is 39.3 Å². The molecule has 0 fully saturated rings. The van der Waals surface area contributed by atoms with E-state index in [0.29, 0.717) is 0 Å². The normalized spacial score (nSPS) is 8.92. The topological polar surface area (TPSA) is 23.5 Å². The largest absolute Gasteiger partial charge is 0.429 e. The van der Waals surface area contributed by atoms with Crippen LogP contribution in [-0.4, -0.2) is 19.2 Å². The molecule has 1 aromatic carbocycles. The molecule has 63 valence electrons. The van der Waals surface area contributed by atoms with Crippen molar-refractivity contribution in [2.75, 3.05) is 19.0 Å². The van der Waals surface area contributed by atoms with E-state index < -0.39 is 0 Å². The van der Waals surface area contributed by atoms with Crippen LogP contribution in [0.15, 0.2) is 18.2 Å². The standard InChI is InChI=1S/C9H12NO.Y/c1-10(2)9-5-3-4-8(6-9)7-11;/h4-6,11H,7H2,1-2H3;/q-1;. The van der Waals surface area contributed by atoms with Crippen LogP contribution in [0.2, 0.25) is 0 Å². The maximum atomic E-state index is 8.81. The zero-order valence-corrected chi connectivity index (χ0v) is 10.2. The summed E-state index contributed by atoms with van der Waals surface area (Å²) in [5.41, 5.74) is 1.97. The molecule has 0 aliphatic rings. The molecule has 0 aliphatic carbocycles. The van der Waals surface area contributed by atoms with Crippen LogP contribution in [0.5, 0.6) is 0 Å². The first kappa shape index (κ1) is 12.1. The Balaban J connectivity index is 0.00000121. The predicted molar refractivity (Wildman–Crippen MR) is 45.5 cm³/mol. The molecule has 0 amide bonds. The fourth-order valence-corrected chi connectivity index (χ4v) is 0.857. The molecule has 0 aromatic heterocycles. The van der Waals surface area contributed by atoms with Gasteiger partial charge in [-0.05, 0) is 14.1 Å². The summed E-state index contributed by atoms with van der Waals surface area (Å²) in [6.07, 6.45) is 0. The molecule has 1 radical (unpaired) electrons. The van der Waals surface area contributed by atoms with Crippen LogP contribution in [0, 0.1) is 6.07 Å². The average Bonchev–Trinajstić information content (AvgIpc) is 2.05. The summed E-state index contributed by atoms with van der Waals surface area (Å²) in [4.78, 5) is 1.98. The Morgan fingerprint density at radius 3 is 2.58 bits per heavy atom. The number of aliphatic hydroxyl groups is 1. The second-order valence-corrected chi connectivity index (χ2v) is 2.65. The van der Waals surface area contributed by atoms with Gasteiger partial charge in [0.1, 0.15) is 0 Å². The first-order valence-electron chi connectivity index (χ1n) is 3.52. The molecular weight excluding hydrogens is 227 g/mol. The molecule has 0 aliphatic heterocycles. The van der Waals surface area contributed by atoms with Crippen molar-refractivity contribution in [3.8, 4) is 0 Å². The number of benzene rings is 1. The van der Waals surface area contributed by atoms with E-state index in [-0.39, 0.29) is 39.3 Å². The van der Waals surface area contributed by atoms with Gasteiger partial charge in [0.2, 0.25) is 0 Å². The summed E-state index contributed by atoms with van der Waals surface area (Å²) in [5, 5.41) is 8.81. The van der Waals surface area contributed by atoms with Gasteiger partial charge in [-0.25, -0.2) is 0 Å². The van der Waals surface area contributed by atoms with Gasteiger partial charge in [0.15, 0.2) is 0 Å². The Hall–Kier alpha value is 0.0839. The molecule has 0 bridgehead atoms. The molecule has 1 N–H and O–H groups in total. The minimum atomic E-state index is 0. The Morgan fingerprint density at radius 2 is 2.08 bits per heavy atom. The van der Waals surface area contributed by atoms with Gasteiger partial charge in [-0.15, -0.1) is 11.6 Å². The Bertz CT molecular complexity index is 238. The van der Waals surface area contributed by atoms with Crippen LogP contribution in [0.3, 0.4) is 0 Å². The molecule has 0 unspecified atom stereocenters. The Kier molecular flexibility index (Phi) is 5.72. The third kappa shape index (κ3) is 3.22. The van der Waals surface area contributed by atoms with Gasteiger partial charge in [-0.1, -0.05) is 5.69 Å². The molecule has 2 nitrogen and oxygen atoms in total. The van der Waals surface area contributed by atoms with Crippen molar-refractivity contribution in [2.45, 2.75) is 6.61 Å². The van der Waals surface area contributed by atoms with Crippen LogP contribution in [0.25, 0.3) is 0 Å². The van der Waals surface area contributed by atoms with Gasteiger partial charge in [-0.2, -0.15) is 18.2 Å². The number of hydrogen-bond acceptors (Lipinski definition) is 2. The number of hydrogen-bond donors (Lipinski definition) is 1. The summed E-state index contributed by atoms with van der Waals surface area (Å²) in [6, 6.07) is 8.57. The van der Waals surface area contributed by atoms with E-state index in [1.807, 2.05) is 31.1 Å². The number of aliphatic hydroxyl groups excluding tert-OH is 1. The molecule has 1 rings (SSSR count). The summed E-state index contributed by atoms with van der Waals surface area (Å²) < 4.78 is 0. The first-order valence-corrected chi connectivity index (χ1v) is 3.52. The molecule has 1 aromatic rings. The molecule has 0 spiro atoms. The average molecular weight is 239 g/mol. The van der Waals surface area contributed by atoms with Crippen LogP contribution >= 0.6 is 0 Å². The Labute approximate surface area is 98.5 Å². The first-order chi connectivity index (χ1) is 5.24. The van der Waals surface area contributed by atoms with Crippen molar-refractivity contribution in [1.29, 1.82) is 0 Å². The number of anilines is 1. The van der Waals surface area contributed by atoms with Crippen LogP contribution in [0.4, 0.5) is 5.69 Å². The third-order valence-corrected chi connectivity index (χ3v) is 1.53. The van der Waals surface area contributed by atoms with Crippen LogP contribution in [-0.2, 0) is 39.3 Å². The van der Waals surface area contributed by atoms with E-state index in [4.69, 9.17) is 5.11 Å². The zero-order valence-electron chi connectivity index (χ0n) is 7.41. The molecular formula is C9H12NOY-. The van der Waals surface area contributed by atoms with Crippen LogP contribution in [0.1, 0.15) is 5.56 Å². The maximum Gasteiger partial charge on any atom is 0.0239 e. The van der Waals surface area contributed by atoms with Crippen molar-refractivity contribution in [3.05, 3.63) is 29.8 Å². The second-order valence-electron chi connectivity index (χ2n) is 2.65. The molecule has 12 heavy (non-hydrogen) atoms. The Morgan fingerprint density at radius 1 is 1.42 bits per heavy atom. The van der Waals surface area contributed by atoms with E-state index in [9.17, 15) is 0 Å². The smallest absolute Gasteiger partial charge is 0.0239 e. The fourth-order valence-electron chi connectivity index (χ4n) is 0.857. The maximum absolute atomic E-state index is 8.81. The van der Waals surface area contributed by atoms with Gasteiger partial charge >= 0.3 is 0 Å². The summed E-state index contributed by atoms with van der Waals surface area (Å²) >= 11 is 0. The van der Waals surface area contributed by atoms with E-state index in [0.717, 1.165) is 11.3 Å². The van der Waals surface area contributed by atoms with E-state index in [1.165, 1.54) is 0 Å². The quantitative estimate of drug-likeness (QED) is 0.779. The fraction of sp³-hybridized carbons (Fsp3) is 0.333. The molecule has 0 saturated heterocycles. The molecule has 3 heteroatoms. The number of nitrogens with zero attached hydrogens (tertiary/aromatic N) is 1. The van der Waals surface area contributed by atoms with E-state index >= 15 is 0 Å². The van der Waals surface area contributed by atoms with Gasteiger partial charge in [0.25, 0.3) is 0 Å². The monoisotopic (exact) mass is 239 g/mol. The van der Waals surface area contributed by atoms with Crippen molar-refractivity contribution in [3.63, 3.8) is 0 Å². The minimum absolute atomic E-state index is 0. The van der Waals surface area contributed by atoms with E-state index in [2.05, 4.69) is 6.07 Å². The SMILES string of the molecule is CN(C)c1c[c-]cc(CO)c1.[Y]. The molecule has 0 saturated carbocycles. The minimum Gasteiger partial charge on any atom is -0.429 e. The summed E-state index contributed by atoms with van der Waals surface area (Å²) in [5.74, 6) is 0. The number of rotatable bonds is 2. The second kappa shape index (κ2) is 5.68.